The zero-order chi connectivity index (χ0) is 12.7. The fourth-order valence-corrected chi connectivity index (χ4v) is 3.57. The molecule has 92 valence electrons. The Bertz CT molecular complexity index is 718. The summed E-state index contributed by atoms with van der Waals surface area (Å²) >= 11 is 1.88. The Morgan fingerprint density at radius 1 is 0.895 bits per heavy atom. The third-order valence-electron chi connectivity index (χ3n) is 3.41. The van der Waals surface area contributed by atoms with Crippen LogP contribution in [0, 0.1) is 0 Å². The van der Waals surface area contributed by atoms with Crippen LogP contribution < -0.4 is 0 Å². The number of nitrogens with zero attached hydrogens (tertiary/aromatic N) is 2. The van der Waals surface area contributed by atoms with Crippen LogP contribution in [-0.2, 0) is 5.75 Å². The number of para-hydroxylation sites is 1. The first kappa shape index (κ1) is 10.9. The van der Waals surface area contributed by atoms with Crippen molar-refractivity contribution in [3.8, 4) is 16.8 Å². The number of rotatable bonds is 1. The molecule has 0 fully saturated rings. The lowest BCUT2D eigenvalue weighted by molar-refractivity contribution is 0.841. The largest absolute Gasteiger partial charge is 0.236 e. The number of hydrogen-bond donors (Lipinski definition) is 0. The average molecular weight is 264 g/mol. The van der Waals surface area contributed by atoms with E-state index in [-0.39, 0.29) is 0 Å². The Kier molecular flexibility index (Phi) is 2.45. The van der Waals surface area contributed by atoms with Gasteiger partial charge in [-0.05, 0) is 23.8 Å². The number of benzene rings is 2. The zero-order valence-electron chi connectivity index (χ0n) is 10.3. The summed E-state index contributed by atoms with van der Waals surface area (Å²) in [5.74, 6) is 0.973. The van der Waals surface area contributed by atoms with Crippen LogP contribution in [0.1, 0.15) is 5.69 Å². The minimum Gasteiger partial charge on any atom is -0.236 e. The van der Waals surface area contributed by atoms with E-state index in [0.717, 1.165) is 11.4 Å². The third-order valence-corrected chi connectivity index (χ3v) is 4.50. The van der Waals surface area contributed by atoms with Crippen molar-refractivity contribution in [1.29, 1.82) is 0 Å². The second kappa shape index (κ2) is 4.28. The van der Waals surface area contributed by atoms with Gasteiger partial charge in [-0.1, -0.05) is 36.4 Å². The maximum Gasteiger partial charge on any atom is 0.0649 e. The van der Waals surface area contributed by atoms with E-state index in [1.54, 1.807) is 0 Å². The van der Waals surface area contributed by atoms with Crippen molar-refractivity contribution < 1.29 is 0 Å². The molecule has 0 saturated heterocycles. The number of hydrogen-bond acceptors (Lipinski definition) is 2. The van der Waals surface area contributed by atoms with E-state index in [1.807, 2.05) is 36.2 Å². The summed E-state index contributed by atoms with van der Waals surface area (Å²) in [5, 5.41) is 4.57. The van der Waals surface area contributed by atoms with Crippen molar-refractivity contribution >= 4 is 11.8 Å². The van der Waals surface area contributed by atoms with Gasteiger partial charge in [0, 0.05) is 16.2 Å². The minimum absolute atomic E-state index is 0.973. The average Bonchev–Trinajstić information content (AvgIpc) is 2.92. The summed E-state index contributed by atoms with van der Waals surface area (Å²) in [7, 11) is 0. The van der Waals surface area contributed by atoms with Gasteiger partial charge in [0.1, 0.15) is 0 Å². The third kappa shape index (κ3) is 1.70. The smallest absolute Gasteiger partial charge is 0.0649 e. The van der Waals surface area contributed by atoms with Gasteiger partial charge in [-0.25, -0.2) is 4.68 Å². The Hall–Kier alpha value is -2.00. The van der Waals surface area contributed by atoms with Crippen LogP contribution in [-0.4, -0.2) is 9.78 Å². The Balaban J connectivity index is 1.91. The van der Waals surface area contributed by atoms with Crippen molar-refractivity contribution in [2.24, 2.45) is 0 Å². The number of aromatic nitrogens is 2. The molecule has 0 radical (unpaired) electrons. The van der Waals surface area contributed by atoms with Gasteiger partial charge in [0.25, 0.3) is 0 Å². The summed E-state index contributed by atoms with van der Waals surface area (Å²) in [4.78, 5) is 1.35. The Morgan fingerprint density at radius 3 is 2.58 bits per heavy atom. The molecule has 0 atom stereocenters. The zero-order valence-corrected chi connectivity index (χ0v) is 11.1. The van der Waals surface area contributed by atoms with Crippen molar-refractivity contribution in [1.82, 2.24) is 9.78 Å². The topological polar surface area (TPSA) is 17.8 Å². The van der Waals surface area contributed by atoms with Crippen LogP contribution in [0.25, 0.3) is 16.8 Å². The highest BCUT2D eigenvalue weighted by atomic mass is 32.2. The summed E-state index contributed by atoms with van der Waals surface area (Å²) < 4.78 is 2.05. The first-order valence-electron chi connectivity index (χ1n) is 6.28. The SMILES string of the molecule is c1ccc(-n2ncc3c2CSc2ccccc2-3)cc1. The van der Waals surface area contributed by atoms with Crippen LogP contribution in [0.15, 0.2) is 65.7 Å². The summed E-state index contributed by atoms with van der Waals surface area (Å²) in [6, 6.07) is 18.9. The van der Waals surface area contributed by atoms with Gasteiger partial charge >= 0.3 is 0 Å². The van der Waals surface area contributed by atoms with Crippen molar-refractivity contribution in [2.45, 2.75) is 10.6 Å². The maximum atomic E-state index is 4.57. The monoisotopic (exact) mass is 264 g/mol. The van der Waals surface area contributed by atoms with Gasteiger partial charge in [0.2, 0.25) is 0 Å². The number of thioether (sulfide) groups is 1. The standard InChI is InChI=1S/C16H12N2S/c1-2-6-12(7-3-1)18-15-11-19-16-9-5-4-8-13(16)14(15)10-17-18/h1-10H,11H2. The first-order valence-corrected chi connectivity index (χ1v) is 7.26. The molecule has 0 aliphatic carbocycles. The van der Waals surface area contributed by atoms with Crippen LogP contribution in [0.3, 0.4) is 0 Å². The van der Waals surface area contributed by atoms with Gasteiger partial charge in [-0.2, -0.15) is 5.10 Å². The molecule has 0 amide bonds. The molecule has 2 heterocycles. The molecule has 3 heteroatoms. The fraction of sp³-hybridized carbons (Fsp3) is 0.0625. The lowest BCUT2D eigenvalue weighted by Crippen LogP contribution is -2.03. The van der Waals surface area contributed by atoms with Crippen molar-refractivity contribution in [3.63, 3.8) is 0 Å². The highest BCUT2D eigenvalue weighted by Gasteiger charge is 2.20. The molecule has 1 aliphatic rings. The van der Waals surface area contributed by atoms with Crippen molar-refractivity contribution in [2.75, 3.05) is 0 Å². The first-order chi connectivity index (χ1) is 9.43. The van der Waals surface area contributed by atoms with E-state index < -0.39 is 0 Å². The normalized spacial score (nSPS) is 12.8. The molecule has 2 nitrogen and oxygen atoms in total. The lowest BCUT2D eigenvalue weighted by atomic mass is 10.1. The van der Waals surface area contributed by atoms with E-state index in [2.05, 4.69) is 46.2 Å². The predicted molar refractivity (Wildman–Crippen MR) is 78.6 cm³/mol. The molecule has 0 unspecified atom stereocenters. The van der Waals surface area contributed by atoms with E-state index in [9.17, 15) is 0 Å². The van der Waals surface area contributed by atoms with E-state index in [4.69, 9.17) is 0 Å². The molecule has 2 aromatic carbocycles. The van der Waals surface area contributed by atoms with E-state index in [1.165, 1.54) is 21.7 Å². The van der Waals surface area contributed by atoms with Gasteiger partial charge in [-0.3, -0.25) is 0 Å². The van der Waals surface area contributed by atoms with Crippen molar-refractivity contribution in [3.05, 3.63) is 66.5 Å². The minimum atomic E-state index is 0.973. The van der Waals surface area contributed by atoms with Gasteiger partial charge in [0.15, 0.2) is 0 Å². The second-order valence-corrected chi connectivity index (χ2v) is 5.55. The molecule has 1 aromatic heterocycles. The quantitative estimate of drug-likeness (QED) is 0.657. The van der Waals surface area contributed by atoms with E-state index >= 15 is 0 Å². The highest BCUT2D eigenvalue weighted by molar-refractivity contribution is 7.98. The van der Waals surface area contributed by atoms with Crippen LogP contribution in [0.5, 0.6) is 0 Å². The number of fused-ring (bicyclic) bond motifs is 3. The van der Waals surface area contributed by atoms with E-state index in [0.29, 0.717) is 0 Å². The van der Waals surface area contributed by atoms with Gasteiger partial charge in [0.05, 0.1) is 17.6 Å². The highest BCUT2D eigenvalue weighted by Crippen LogP contribution is 2.41. The Morgan fingerprint density at radius 2 is 1.68 bits per heavy atom. The molecule has 0 N–H and O–H groups in total. The van der Waals surface area contributed by atoms with Gasteiger partial charge in [-0.15, -0.1) is 11.8 Å². The Labute approximate surface area is 116 Å². The summed E-state index contributed by atoms with van der Waals surface area (Å²) in [6.07, 6.45) is 1.99. The molecule has 19 heavy (non-hydrogen) atoms. The molecule has 3 aromatic rings. The molecular weight excluding hydrogens is 252 g/mol. The summed E-state index contributed by atoms with van der Waals surface area (Å²) in [5.41, 5.74) is 4.98. The maximum absolute atomic E-state index is 4.57. The molecule has 0 saturated carbocycles. The second-order valence-electron chi connectivity index (χ2n) is 4.54. The molecule has 0 spiro atoms. The van der Waals surface area contributed by atoms with Crippen LogP contribution >= 0.6 is 11.8 Å². The van der Waals surface area contributed by atoms with Gasteiger partial charge < -0.3 is 0 Å². The molecular formula is C16H12N2S. The molecule has 4 rings (SSSR count). The lowest BCUT2D eigenvalue weighted by Gasteiger charge is -2.17. The van der Waals surface area contributed by atoms with Crippen LogP contribution in [0.4, 0.5) is 0 Å². The summed E-state index contributed by atoms with van der Waals surface area (Å²) in [6.45, 7) is 0. The predicted octanol–water partition coefficient (Wildman–Crippen LogP) is 4.15. The van der Waals surface area contributed by atoms with Crippen LogP contribution in [0.2, 0.25) is 0 Å². The molecule has 1 aliphatic heterocycles. The fourth-order valence-electron chi connectivity index (χ4n) is 2.49. The molecule has 0 bridgehead atoms.